The van der Waals surface area contributed by atoms with Crippen LogP contribution in [0.15, 0.2) is 30.5 Å². The zero-order valence-corrected chi connectivity index (χ0v) is 16.1. The number of halogens is 2. The molecular formula is C21H16F2N6O2. The minimum atomic E-state index is -0.631. The molecule has 1 unspecified atom stereocenters. The molecule has 0 bridgehead atoms. The highest BCUT2D eigenvalue weighted by Gasteiger charge is 2.30. The van der Waals surface area contributed by atoms with Crippen LogP contribution in [0, 0.1) is 23.0 Å². The first-order chi connectivity index (χ1) is 15.0. The van der Waals surface area contributed by atoms with E-state index in [4.69, 9.17) is 0 Å². The zero-order chi connectivity index (χ0) is 21.7. The molecule has 0 saturated carbocycles. The molecule has 2 aliphatic heterocycles. The Bertz CT molecular complexity index is 1270. The SMILES string of the molecule is N#Cc1cccc(F)c1-c1cc(-n2cc(F)c(N3CCC(O)C3)n2)c2c(n1)CNC2=O. The van der Waals surface area contributed by atoms with Crippen LogP contribution in [0.5, 0.6) is 0 Å². The molecule has 1 aromatic carbocycles. The number of anilines is 1. The summed E-state index contributed by atoms with van der Waals surface area (Å²) in [6.07, 6.45) is 1.09. The summed E-state index contributed by atoms with van der Waals surface area (Å²) in [6, 6.07) is 7.50. The molecule has 1 saturated heterocycles. The molecule has 2 aromatic heterocycles. The Labute approximate surface area is 175 Å². The number of pyridine rings is 1. The lowest BCUT2D eigenvalue weighted by molar-refractivity contribution is 0.0965. The van der Waals surface area contributed by atoms with E-state index in [1.165, 1.54) is 28.9 Å². The second kappa shape index (κ2) is 7.14. The van der Waals surface area contributed by atoms with Gasteiger partial charge in [-0.05, 0) is 24.6 Å². The Morgan fingerprint density at radius 1 is 1.26 bits per heavy atom. The molecule has 1 atom stereocenters. The number of amides is 1. The van der Waals surface area contributed by atoms with E-state index in [0.29, 0.717) is 18.7 Å². The molecule has 0 spiro atoms. The molecule has 4 heterocycles. The van der Waals surface area contributed by atoms with Crippen LogP contribution < -0.4 is 10.2 Å². The first-order valence-corrected chi connectivity index (χ1v) is 9.66. The molecule has 0 radical (unpaired) electrons. The predicted molar refractivity (Wildman–Crippen MR) is 105 cm³/mol. The quantitative estimate of drug-likeness (QED) is 0.668. The van der Waals surface area contributed by atoms with Crippen LogP contribution in [0.4, 0.5) is 14.6 Å². The second-order valence-corrected chi connectivity index (χ2v) is 7.44. The summed E-state index contributed by atoms with van der Waals surface area (Å²) in [4.78, 5) is 18.5. The first kappa shape index (κ1) is 19.1. The standard InChI is InChI=1S/C21H16F2N6O2/c22-13-3-1-2-11(7-24)18(13)15-6-17(19-16(26-15)8-25-21(19)31)29-10-14(23)20(27-29)28-5-4-12(30)9-28/h1-3,6,10,12,30H,4-5,8-9H2,(H,25,31). The van der Waals surface area contributed by atoms with Crippen molar-refractivity contribution >= 4 is 11.7 Å². The number of aliphatic hydroxyl groups is 1. The van der Waals surface area contributed by atoms with Crippen molar-refractivity contribution in [3.63, 3.8) is 0 Å². The number of fused-ring (bicyclic) bond motifs is 1. The van der Waals surface area contributed by atoms with Crippen LogP contribution in [-0.4, -0.2) is 45.0 Å². The summed E-state index contributed by atoms with van der Waals surface area (Å²) >= 11 is 0. The van der Waals surface area contributed by atoms with Crippen LogP contribution in [0.25, 0.3) is 16.9 Å². The Hall–Kier alpha value is -3.84. The molecule has 156 valence electrons. The van der Waals surface area contributed by atoms with Crippen molar-refractivity contribution in [2.45, 2.75) is 19.1 Å². The topological polar surface area (TPSA) is 107 Å². The number of carbonyl (C=O) groups is 1. The van der Waals surface area contributed by atoms with Gasteiger partial charge in [0.15, 0.2) is 11.6 Å². The summed E-state index contributed by atoms with van der Waals surface area (Å²) in [5, 5.41) is 26.1. The number of nitrogens with zero attached hydrogens (tertiary/aromatic N) is 5. The summed E-state index contributed by atoms with van der Waals surface area (Å²) < 4.78 is 30.5. The molecule has 2 N–H and O–H groups in total. The lowest BCUT2D eigenvalue weighted by Gasteiger charge is -2.14. The molecule has 0 aliphatic carbocycles. The van der Waals surface area contributed by atoms with Gasteiger partial charge in [-0.25, -0.2) is 18.4 Å². The highest BCUT2D eigenvalue weighted by atomic mass is 19.1. The molecule has 31 heavy (non-hydrogen) atoms. The van der Waals surface area contributed by atoms with Gasteiger partial charge < -0.3 is 15.3 Å². The first-order valence-electron chi connectivity index (χ1n) is 9.66. The van der Waals surface area contributed by atoms with E-state index in [-0.39, 0.29) is 47.0 Å². The van der Waals surface area contributed by atoms with Crippen LogP contribution in [-0.2, 0) is 6.54 Å². The van der Waals surface area contributed by atoms with Gasteiger partial charge in [0.1, 0.15) is 5.82 Å². The van der Waals surface area contributed by atoms with Gasteiger partial charge >= 0.3 is 0 Å². The van der Waals surface area contributed by atoms with Crippen molar-refractivity contribution in [1.29, 1.82) is 5.26 Å². The number of nitrogens with one attached hydrogen (secondary N) is 1. The van der Waals surface area contributed by atoms with Gasteiger partial charge in [-0.2, -0.15) is 5.26 Å². The fraction of sp³-hybridized carbons (Fsp3) is 0.238. The third-order valence-corrected chi connectivity index (χ3v) is 5.47. The van der Waals surface area contributed by atoms with Crippen LogP contribution in [0.3, 0.4) is 0 Å². The maximum atomic E-state index is 14.7. The number of aliphatic hydroxyl groups excluding tert-OH is 1. The summed E-state index contributed by atoms with van der Waals surface area (Å²) in [5.74, 6) is -1.57. The van der Waals surface area contributed by atoms with E-state index in [1.807, 2.05) is 6.07 Å². The average molecular weight is 422 g/mol. The number of rotatable bonds is 3. The maximum Gasteiger partial charge on any atom is 0.255 e. The molecular weight excluding hydrogens is 406 g/mol. The number of aromatic nitrogens is 3. The highest BCUT2D eigenvalue weighted by molar-refractivity contribution is 6.01. The van der Waals surface area contributed by atoms with Crippen molar-refractivity contribution in [3.8, 4) is 23.0 Å². The smallest absolute Gasteiger partial charge is 0.255 e. The molecule has 8 nitrogen and oxygen atoms in total. The van der Waals surface area contributed by atoms with Crippen molar-refractivity contribution < 1.29 is 18.7 Å². The van der Waals surface area contributed by atoms with Gasteiger partial charge in [0.2, 0.25) is 0 Å². The monoisotopic (exact) mass is 422 g/mol. The van der Waals surface area contributed by atoms with Crippen molar-refractivity contribution in [3.05, 3.63) is 58.9 Å². The molecule has 1 amide bonds. The van der Waals surface area contributed by atoms with E-state index in [1.54, 1.807) is 4.90 Å². The second-order valence-electron chi connectivity index (χ2n) is 7.44. The Morgan fingerprint density at radius 3 is 2.84 bits per heavy atom. The Morgan fingerprint density at radius 2 is 2.10 bits per heavy atom. The minimum absolute atomic E-state index is 0.00363. The zero-order valence-electron chi connectivity index (χ0n) is 16.1. The summed E-state index contributed by atoms with van der Waals surface area (Å²) in [7, 11) is 0. The Kier molecular flexibility index (Phi) is 4.41. The van der Waals surface area contributed by atoms with Gasteiger partial charge in [-0.3, -0.25) is 4.79 Å². The number of carbonyl (C=O) groups excluding carboxylic acids is 1. The third kappa shape index (κ3) is 3.10. The molecule has 3 aromatic rings. The van der Waals surface area contributed by atoms with Crippen molar-refractivity contribution in [2.75, 3.05) is 18.0 Å². The van der Waals surface area contributed by atoms with Crippen LogP contribution >= 0.6 is 0 Å². The summed E-state index contributed by atoms with van der Waals surface area (Å²) in [6.45, 7) is 0.838. The van der Waals surface area contributed by atoms with Crippen LogP contribution in [0.1, 0.15) is 28.0 Å². The predicted octanol–water partition coefficient (Wildman–Crippen LogP) is 1.90. The van der Waals surface area contributed by atoms with E-state index < -0.39 is 23.6 Å². The Balaban J connectivity index is 1.69. The van der Waals surface area contributed by atoms with Gasteiger partial charge in [-0.1, -0.05) is 6.07 Å². The lowest BCUT2D eigenvalue weighted by atomic mass is 10.0. The number of nitriles is 1. The fourth-order valence-corrected chi connectivity index (χ4v) is 4.01. The van der Waals surface area contributed by atoms with Crippen molar-refractivity contribution in [1.82, 2.24) is 20.1 Å². The number of hydrogen-bond acceptors (Lipinski definition) is 6. The van der Waals surface area contributed by atoms with Crippen molar-refractivity contribution in [2.24, 2.45) is 0 Å². The summed E-state index contributed by atoms with van der Waals surface area (Å²) in [5.41, 5.74) is 1.05. The minimum Gasteiger partial charge on any atom is -0.391 e. The third-order valence-electron chi connectivity index (χ3n) is 5.47. The van der Waals surface area contributed by atoms with E-state index in [9.17, 15) is 23.9 Å². The van der Waals surface area contributed by atoms with E-state index >= 15 is 0 Å². The largest absolute Gasteiger partial charge is 0.391 e. The van der Waals surface area contributed by atoms with E-state index in [0.717, 1.165) is 6.20 Å². The van der Waals surface area contributed by atoms with E-state index in [2.05, 4.69) is 15.4 Å². The molecule has 2 aliphatic rings. The van der Waals surface area contributed by atoms with Gasteiger partial charge in [0.25, 0.3) is 5.91 Å². The van der Waals surface area contributed by atoms with Gasteiger partial charge in [0.05, 0.1) is 58.7 Å². The highest BCUT2D eigenvalue weighted by Crippen LogP contribution is 2.32. The van der Waals surface area contributed by atoms with Gasteiger partial charge in [-0.15, -0.1) is 5.10 Å². The fourth-order valence-electron chi connectivity index (χ4n) is 4.01. The number of benzene rings is 1. The molecule has 5 rings (SSSR count). The maximum absolute atomic E-state index is 14.7. The number of hydrogen-bond donors (Lipinski definition) is 2. The molecule has 10 heteroatoms. The van der Waals surface area contributed by atoms with Gasteiger partial charge in [0, 0.05) is 13.1 Å². The normalized spacial score (nSPS) is 17.5. The molecule has 1 fully saturated rings. The number of β-amino-alcohol motifs (C(OH)–C–C–N with tert-alkyl or cyclic N) is 1. The lowest BCUT2D eigenvalue weighted by Crippen LogP contribution is -2.22. The average Bonchev–Trinajstić information content (AvgIpc) is 3.46. The van der Waals surface area contributed by atoms with Crippen LogP contribution in [0.2, 0.25) is 0 Å².